The van der Waals surface area contributed by atoms with Crippen molar-refractivity contribution in [3.63, 3.8) is 0 Å². The van der Waals surface area contributed by atoms with Crippen LogP contribution in [0.1, 0.15) is 23.2 Å². The molecule has 0 bridgehead atoms. The lowest BCUT2D eigenvalue weighted by Gasteiger charge is -2.11. The summed E-state index contributed by atoms with van der Waals surface area (Å²) in [5.41, 5.74) is 0.466. The zero-order chi connectivity index (χ0) is 16.0. The predicted molar refractivity (Wildman–Crippen MR) is 83.7 cm³/mol. The molecule has 0 radical (unpaired) electrons. The van der Waals surface area contributed by atoms with E-state index in [0.29, 0.717) is 31.0 Å². The number of rotatable bonds is 7. The third kappa shape index (κ3) is 4.96. The van der Waals surface area contributed by atoms with Crippen LogP contribution >= 0.6 is 0 Å². The summed E-state index contributed by atoms with van der Waals surface area (Å²) in [6.45, 7) is 1.36. The Morgan fingerprint density at radius 2 is 2.32 bits per heavy atom. The Labute approximate surface area is 130 Å². The molecule has 122 valence electrons. The fourth-order valence-electron chi connectivity index (χ4n) is 2.28. The molecular weight excluding hydrogens is 306 g/mol. The Balaban J connectivity index is 1.90. The van der Waals surface area contributed by atoms with Gasteiger partial charge in [-0.25, -0.2) is 13.4 Å². The van der Waals surface area contributed by atoms with Crippen LogP contribution in [0.25, 0.3) is 0 Å². The lowest BCUT2D eigenvalue weighted by Crippen LogP contribution is -2.35. The van der Waals surface area contributed by atoms with Crippen molar-refractivity contribution < 1.29 is 17.9 Å². The molecule has 1 unspecified atom stereocenters. The number of anilines is 1. The van der Waals surface area contributed by atoms with Gasteiger partial charge < -0.3 is 15.4 Å². The van der Waals surface area contributed by atoms with Crippen molar-refractivity contribution in [2.45, 2.75) is 18.9 Å². The van der Waals surface area contributed by atoms with Crippen LogP contribution in [0.4, 0.5) is 5.82 Å². The number of carbonyl (C=O) groups excluding carboxylic acids is 1. The largest absolute Gasteiger partial charge is 0.385 e. The van der Waals surface area contributed by atoms with E-state index in [9.17, 15) is 13.2 Å². The van der Waals surface area contributed by atoms with Crippen molar-refractivity contribution in [2.24, 2.45) is 0 Å². The van der Waals surface area contributed by atoms with Crippen LogP contribution in [-0.2, 0) is 14.6 Å². The Hall–Kier alpha value is -1.67. The van der Waals surface area contributed by atoms with E-state index < -0.39 is 9.84 Å². The lowest BCUT2D eigenvalue weighted by atomic mass is 10.2. The number of pyridine rings is 1. The van der Waals surface area contributed by atoms with E-state index in [4.69, 9.17) is 4.74 Å². The first-order valence-electron chi connectivity index (χ1n) is 7.20. The van der Waals surface area contributed by atoms with Crippen LogP contribution in [0.15, 0.2) is 18.3 Å². The van der Waals surface area contributed by atoms with Gasteiger partial charge in [-0.15, -0.1) is 0 Å². The fourth-order valence-corrected chi connectivity index (χ4v) is 3.95. The molecule has 2 heterocycles. The maximum atomic E-state index is 12.2. The number of hydrogen-bond donors (Lipinski definition) is 2. The molecule has 2 N–H and O–H groups in total. The number of sulfone groups is 1. The molecule has 8 heteroatoms. The summed E-state index contributed by atoms with van der Waals surface area (Å²) in [7, 11) is -1.35. The van der Waals surface area contributed by atoms with Gasteiger partial charge in [-0.3, -0.25) is 4.79 Å². The molecule has 7 nitrogen and oxygen atoms in total. The molecule has 0 aliphatic carbocycles. The topological polar surface area (TPSA) is 97.4 Å². The Kier molecular flexibility index (Phi) is 5.73. The normalized spacial score (nSPS) is 19.8. The highest BCUT2D eigenvalue weighted by Gasteiger charge is 2.29. The smallest absolute Gasteiger partial charge is 0.251 e. The van der Waals surface area contributed by atoms with E-state index in [0.717, 1.165) is 6.42 Å². The third-order valence-corrected chi connectivity index (χ3v) is 5.19. The molecule has 2 rings (SSSR count). The van der Waals surface area contributed by atoms with Crippen molar-refractivity contribution in [3.05, 3.63) is 23.9 Å². The first kappa shape index (κ1) is 16.7. The number of methoxy groups -OCH3 is 1. The third-order valence-electron chi connectivity index (χ3n) is 3.42. The van der Waals surface area contributed by atoms with Crippen molar-refractivity contribution in [1.29, 1.82) is 0 Å². The van der Waals surface area contributed by atoms with Crippen molar-refractivity contribution in [3.8, 4) is 0 Å². The standard InChI is InChI=1S/C14H21N3O4S/c1-21-7-2-5-15-13-9-11(3-6-16-13)14(18)17-12-4-8-22(19,20)10-12/h3,6,9,12H,2,4-5,7-8,10H2,1H3,(H,15,16)(H,17,18). The second-order valence-corrected chi connectivity index (χ2v) is 7.51. The molecule has 0 saturated carbocycles. The van der Waals surface area contributed by atoms with E-state index in [1.165, 1.54) is 0 Å². The average Bonchev–Trinajstić information content (AvgIpc) is 2.83. The second kappa shape index (κ2) is 7.55. The van der Waals surface area contributed by atoms with Gasteiger partial charge in [0.25, 0.3) is 5.91 Å². The van der Waals surface area contributed by atoms with E-state index >= 15 is 0 Å². The van der Waals surface area contributed by atoms with E-state index in [1.807, 2.05) is 0 Å². The van der Waals surface area contributed by atoms with Gasteiger partial charge in [0, 0.05) is 38.1 Å². The summed E-state index contributed by atoms with van der Waals surface area (Å²) < 4.78 is 27.8. The summed E-state index contributed by atoms with van der Waals surface area (Å²) >= 11 is 0. The van der Waals surface area contributed by atoms with E-state index in [2.05, 4.69) is 15.6 Å². The van der Waals surface area contributed by atoms with Gasteiger partial charge in [-0.2, -0.15) is 0 Å². The van der Waals surface area contributed by atoms with Crippen molar-refractivity contribution in [2.75, 3.05) is 37.1 Å². The van der Waals surface area contributed by atoms with Gasteiger partial charge in [0.05, 0.1) is 11.5 Å². The average molecular weight is 327 g/mol. The molecule has 1 aromatic rings. The highest BCUT2D eigenvalue weighted by atomic mass is 32.2. The molecule has 1 atom stereocenters. The maximum absolute atomic E-state index is 12.2. The zero-order valence-electron chi connectivity index (χ0n) is 12.5. The van der Waals surface area contributed by atoms with Gasteiger partial charge in [0.15, 0.2) is 9.84 Å². The molecule has 22 heavy (non-hydrogen) atoms. The van der Waals surface area contributed by atoms with Crippen molar-refractivity contribution >= 4 is 21.6 Å². The number of carbonyl (C=O) groups is 1. The van der Waals surface area contributed by atoms with Crippen LogP contribution in [0.2, 0.25) is 0 Å². The number of ether oxygens (including phenoxy) is 1. The first-order chi connectivity index (χ1) is 10.5. The van der Waals surface area contributed by atoms with Crippen LogP contribution < -0.4 is 10.6 Å². The SMILES string of the molecule is COCCCNc1cc(C(=O)NC2CCS(=O)(=O)C2)ccn1. The molecule has 1 aliphatic heterocycles. The Morgan fingerprint density at radius 1 is 1.50 bits per heavy atom. The second-order valence-electron chi connectivity index (χ2n) is 5.28. The highest BCUT2D eigenvalue weighted by Crippen LogP contribution is 2.13. The summed E-state index contributed by atoms with van der Waals surface area (Å²) in [5.74, 6) is 0.499. The monoisotopic (exact) mass is 327 g/mol. The van der Waals surface area contributed by atoms with E-state index in [-0.39, 0.29) is 23.5 Å². The zero-order valence-corrected chi connectivity index (χ0v) is 13.4. The Morgan fingerprint density at radius 3 is 3.00 bits per heavy atom. The number of hydrogen-bond acceptors (Lipinski definition) is 6. The molecule has 1 saturated heterocycles. The molecule has 0 spiro atoms. The minimum atomic E-state index is -3.00. The first-order valence-corrected chi connectivity index (χ1v) is 9.02. The molecule has 1 aromatic heterocycles. The minimum absolute atomic E-state index is 0.0198. The molecule has 0 aromatic carbocycles. The lowest BCUT2D eigenvalue weighted by molar-refractivity contribution is 0.0941. The van der Waals surface area contributed by atoms with Gasteiger partial charge in [-0.05, 0) is 25.0 Å². The van der Waals surface area contributed by atoms with Crippen LogP contribution in [-0.4, -0.2) is 57.1 Å². The minimum Gasteiger partial charge on any atom is -0.385 e. The maximum Gasteiger partial charge on any atom is 0.251 e. The van der Waals surface area contributed by atoms with Crippen molar-refractivity contribution in [1.82, 2.24) is 10.3 Å². The summed E-state index contributed by atoms with van der Waals surface area (Å²) in [6, 6.07) is 2.97. The van der Waals surface area contributed by atoms with Gasteiger partial charge in [-0.1, -0.05) is 0 Å². The molecule has 1 fully saturated rings. The number of nitrogens with one attached hydrogen (secondary N) is 2. The molecular formula is C14H21N3O4S. The number of nitrogens with zero attached hydrogens (tertiary/aromatic N) is 1. The molecule has 1 aliphatic rings. The fraction of sp³-hybridized carbons (Fsp3) is 0.571. The number of aromatic nitrogens is 1. The predicted octanol–water partition coefficient (Wildman–Crippen LogP) is 0.447. The molecule has 1 amide bonds. The quantitative estimate of drug-likeness (QED) is 0.706. The summed E-state index contributed by atoms with van der Waals surface area (Å²) in [5, 5.41) is 5.88. The Bertz CT molecular complexity index is 618. The number of amides is 1. The van der Waals surface area contributed by atoms with E-state index in [1.54, 1.807) is 25.4 Å². The summed E-state index contributed by atoms with van der Waals surface area (Å²) in [4.78, 5) is 16.3. The van der Waals surface area contributed by atoms with Gasteiger partial charge in [0.1, 0.15) is 5.82 Å². The van der Waals surface area contributed by atoms with Gasteiger partial charge in [0.2, 0.25) is 0 Å². The van der Waals surface area contributed by atoms with Gasteiger partial charge >= 0.3 is 0 Å². The van der Waals surface area contributed by atoms with Crippen LogP contribution in [0, 0.1) is 0 Å². The van der Waals surface area contributed by atoms with Crippen LogP contribution in [0.5, 0.6) is 0 Å². The summed E-state index contributed by atoms with van der Waals surface area (Å²) in [6.07, 6.45) is 2.87. The highest BCUT2D eigenvalue weighted by molar-refractivity contribution is 7.91. The van der Waals surface area contributed by atoms with Crippen LogP contribution in [0.3, 0.4) is 0 Å².